The summed E-state index contributed by atoms with van der Waals surface area (Å²) in [5.41, 5.74) is 0. The van der Waals surface area contributed by atoms with Crippen LogP contribution in [-0.4, -0.2) is 11.5 Å². The number of rotatable bonds is 5. The van der Waals surface area contributed by atoms with Gasteiger partial charge in [-0.25, -0.2) is 4.39 Å². The minimum absolute atomic E-state index is 0.150. The Balaban J connectivity index is 2.33. The second-order valence-corrected chi connectivity index (χ2v) is 4.26. The van der Waals surface area contributed by atoms with Gasteiger partial charge in [0.2, 0.25) is 0 Å². The van der Waals surface area contributed by atoms with Gasteiger partial charge >= 0.3 is 0 Å². The Bertz CT molecular complexity index is 417. The predicted molar refractivity (Wildman–Crippen MR) is 64.8 cm³/mol. The molecule has 0 saturated carbocycles. The fraction of sp³-hybridized carbons (Fsp3) is 0.308. The normalized spacial score (nSPS) is 9.38. The fourth-order valence-electron chi connectivity index (χ4n) is 1.12. The van der Waals surface area contributed by atoms with Crippen molar-refractivity contribution in [1.29, 1.82) is 0 Å². The van der Waals surface area contributed by atoms with Crippen LogP contribution in [0.1, 0.15) is 19.8 Å². The maximum Gasteiger partial charge on any atom is 0.144 e. The molecule has 0 unspecified atom stereocenters. The van der Waals surface area contributed by atoms with Gasteiger partial charge in [0.25, 0.3) is 0 Å². The van der Waals surface area contributed by atoms with Gasteiger partial charge in [-0.3, -0.25) is 4.79 Å². The molecule has 0 spiro atoms. The Morgan fingerprint density at radius 2 is 2.31 bits per heavy atom. The lowest BCUT2D eigenvalue weighted by Gasteiger charge is -2.00. The number of thioether (sulfide) groups is 1. The Hall–Kier alpha value is -1.27. The van der Waals surface area contributed by atoms with Gasteiger partial charge in [0.05, 0.1) is 5.75 Å². The highest BCUT2D eigenvalue weighted by Crippen LogP contribution is 2.18. The van der Waals surface area contributed by atoms with Gasteiger partial charge in [-0.15, -0.1) is 23.6 Å². The van der Waals surface area contributed by atoms with Crippen molar-refractivity contribution in [3.63, 3.8) is 0 Å². The molecule has 0 N–H and O–H groups in total. The van der Waals surface area contributed by atoms with E-state index in [2.05, 4.69) is 11.8 Å². The Morgan fingerprint density at radius 3 is 3.00 bits per heavy atom. The van der Waals surface area contributed by atoms with E-state index in [-0.39, 0.29) is 11.6 Å². The average molecular weight is 236 g/mol. The first-order valence-electron chi connectivity index (χ1n) is 5.02. The molecule has 1 aromatic rings. The molecule has 0 heterocycles. The summed E-state index contributed by atoms with van der Waals surface area (Å²) >= 11 is 1.36. The van der Waals surface area contributed by atoms with E-state index in [0.717, 1.165) is 4.90 Å². The Labute approximate surface area is 99.4 Å². The summed E-state index contributed by atoms with van der Waals surface area (Å²) < 4.78 is 12.8. The van der Waals surface area contributed by atoms with Crippen molar-refractivity contribution in [3.8, 4) is 11.8 Å². The second-order valence-electron chi connectivity index (χ2n) is 3.21. The minimum atomic E-state index is -0.269. The number of benzene rings is 1. The van der Waals surface area contributed by atoms with Crippen LogP contribution in [0.3, 0.4) is 0 Å². The third-order valence-corrected chi connectivity index (χ3v) is 2.96. The van der Waals surface area contributed by atoms with Crippen molar-refractivity contribution in [3.05, 3.63) is 30.1 Å². The average Bonchev–Trinajstić information content (AvgIpc) is 2.27. The molecule has 0 bridgehead atoms. The van der Waals surface area contributed by atoms with E-state index in [9.17, 15) is 9.18 Å². The highest BCUT2D eigenvalue weighted by atomic mass is 32.2. The van der Waals surface area contributed by atoms with Crippen molar-refractivity contribution in [2.24, 2.45) is 0 Å². The molecule has 0 aromatic heterocycles. The number of ketones is 1. The number of carbonyl (C=O) groups excluding carboxylic acids is 1. The highest BCUT2D eigenvalue weighted by molar-refractivity contribution is 8.00. The summed E-state index contributed by atoms with van der Waals surface area (Å²) in [6.45, 7) is 1.76. The molecule has 84 valence electrons. The van der Waals surface area contributed by atoms with Gasteiger partial charge in [-0.1, -0.05) is 6.07 Å². The molecule has 1 aromatic carbocycles. The van der Waals surface area contributed by atoms with Crippen LogP contribution in [0, 0.1) is 17.7 Å². The first kappa shape index (κ1) is 12.8. The fourth-order valence-corrected chi connectivity index (χ4v) is 1.96. The van der Waals surface area contributed by atoms with Crippen molar-refractivity contribution in [1.82, 2.24) is 0 Å². The third kappa shape index (κ3) is 4.99. The first-order valence-corrected chi connectivity index (χ1v) is 6.00. The van der Waals surface area contributed by atoms with Gasteiger partial charge in [-0.2, -0.15) is 0 Å². The molecular weight excluding hydrogens is 223 g/mol. The molecule has 0 aliphatic rings. The van der Waals surface area contributed by atoms with E-state index in [0.29, 0.717) is 18.6 Å². The first-order chi connectivity index (χ1) is 7.72. The van der Waals surface area contributed by atoms with Crippen LogP contribution in [0.15, 0.2) is 29.2 Å². The molecule has 1 nitrogen and oxygen atoms in total. The number of carbonyl (C=O) groups is 1. The zero-order chi connectivity index (χ0) is 11.8. The summed E-state index contributed by atoms with van der Waals surface area (Å²) in [6.07, 6.45) is 1.09. The van der Waals surface area contributed by atoms with Crippen molar-refractivity contribution >= 4 is 17.5 Å². The summed E-state index contributed by atoms with van der Waals surface area (Å²) in [5, 5.41) is 0. The zero-order valence-electron chi connectivity index (χ0n) is 9.13. The lowest BCUT2D eigenvalue weighted by atomic mass is 10.2. The van der Waals surface area contributed by atoms with E-state index in [1.165, 1.54) is 23.9 Å². The Morgan fingerprint density at radius 1 is 1.50 bits per heavy atom. The molecule has 0 aliphatic carbocycles. The molecule has 0 saturated heterocycles. The molecule has 0 fully saturated rings. The lowest BCUT2D eigenvalue weighted by Crippen LogP contribution is -2.00. The summed E-state index contributed by atoms with van der Waals surface area (Å²) in [4.78, 5) is 12.2. The largest absolute Gasteiger partial charge is 0.299 e. The summed E-state index contributed by atoms with van der Waals surface area (Å²) in [5.74, 6) is 5.86. The molecule has 0 radical (unpaired) electrons. The molecule has 0 aliphatic heterocycles. The zero-order valence-corrected chi connectivity index (χ0v) is 9.94. The van der Waals surface area contributed by atoms with Crippen LogP contribution in [0.25, 0.3) is 0 Å². The number of Topliss-reactive ketones (excluding diaryl/α,β-unsaturated/α-hetero) is 1. The van der Waals surface area contributed by atoms with Crippen LogP contribution in [0.5, 0.6) is 0 Å². The lowest BCUT2D eigenvalue weighted by molar-refractivity contribution is -0.116. The van der Waals surface area contributed by atoms with E-state index < -0.39 is 0 Å². The number of hydrogen-bond acceptors (Lipinski definition) is 2. The maximum atomic E-state index is 12.8. The van der Waals surface area contributed by atoms with E-state index in [4.69, 9.17) is 0 Å². The van der Waals surface area contributed by atoms with Crippen LogP contribution < -0.4 is 0 Å². The van der Waals surface area contributed by atoms with Crippen LogP contribution in [0.2, 0.25) is 0 Å². The smallest absolute Gasteiger partial charge is 0.144 e. The number of halogens is 1. The maximum absolute atomic E-state index is 12.8. The molecule has 3 heteroatoms. The van der Waals surface area contributed by atoms with E-state index in [1.807, 2.05) is 0 Å². The molecule has 1 rings (SSSR count). The second kappa shape index (κ2) is 7.08. The topological polar surface area (TPSA) is 17.1 Å². The third-order valence-electron chi connectivity index (χ3n) is 1.90. The van der Waals surface area contributed by atoms with Crippen LogP contribution >= 0.6 is 11.8 Å². The molecule has 16 heavy (non-hydrogen) atoms. The molecular formula is C13H13FOS. The van der Waals surface area contributed by atoms with Gasteiger partial charge in [0, 0.05) is 17.7 Å². The minimum Gasteiger partial charge on any atom is -0.299 e. The standard InChI is InChI=1S/C13H13FOS/c1-2-3-4-7-12(15)10-16-13-8-5-6-11(14)9-13/h5-6,8-9H,4,7,10H2,1H3. The quantitative estimate of drug-likeness (QED) is 0.576. The van der Waals surface area contributed by atoms with Crippen LogP contribution in [-0.2, 0) is 4.79 Å². The van der Waals surface area contributed by atoms with E-state index >= 15 is 0 Å². The molecule has 0 atom stereocenters. The van der Waals surface area contributed by atoms with Gasteiger partial charge in [-0.05, 0) is 25.1 Å². The summed E-state index contributed by atoms with van der Waals surface area (Å²) in [7, 11) is 0. The van der Waals surface area contributed by atoms with Crippen molar-refractivity contribution in [2.45, 2.75) is 24.7 Å². The molecule has 0 amide bonds. The monoisotopic (exact) mass is 236 g/mol. The Kier molecular flexibility index (Phi) is 5.66. The van der Waals surface area contributed by atoms with Crippen LogP contribution in [0.4, 0.5) is 4.39 Å². The summed E-state index contributed by atoms with van der Waals surface area (Å²) in [6, 6.07) is 6.27. The van der Waals surface area contributed by atoms with Crippen molar-refractivity contribution < 1.29 is 9.18 Å². The van der Waals surface area contributed by atoms with Crippen molar-refractivity contribution in [2.75, 3.05) is 5.75 Å². The van der Waals surface area contributed by atoms with Gasteiger partial charge in [0.15, 0.2) is 0 Å². The highest BCUT2D eigenvalue weighted by Gasteiger charge is 2.02. The number of hydrogen-bond donors (Lipinski definition) is 0. The van der Waals surface area contributed by atoms with Gasteiger partial charge < -0.3 is 0 Å². The van der Waals surface area contributed by atoms with E-state index in [1.54, 1.807) is 19.1 Å². The predicted octanol–water partition coefficient (Wildman–Crippen LogP) is 3.29. The van der Waals surface area contributed by atoms with Gasteiger partial charge in [0.1, 0.15) is 11.6 Å². The SMILES string of the molecule is CC#CCCC(=O)CSc1cccc(F)c1.